The molecule has 1 aromatic rings. The number of aromatic nitrogens is 2. The summed E-state index contributed by atoms with van der Waals surface area (Å²) in [6.07, 6.45) is 7.04. The molecule has 0 radical (unpaired) electrons. The van der Waals surface area contributed by atoms with Gasteiger partial charge in [-0.3, -0.25) is 4.68 Å². The van der Waals surface area contributed by atoms with Crippen LogP contribution in [0.15, 0.2) is 4.90 Å². The van der Waals surface area contributed by atoms with Crippen LogP contribution in [0.3, 0.4) is 0 Å². The fraction of sp³-hybridized carbons (Fsp3) is 0.750. The summed E-state index contributed by atoms with van der Waals surface area (Å²) in [7, 11) is 1.77. The van der Waals surface area contributed by atoms with Crippen molar-refractivity contribution in [1.82, 2.24) is 9.78 Å². The normalized spacial score (nSPS) is 18.8. The van der Waals surface area contributed by atoms with E-state index >= 15 is 0 Å². The molecule has 1 heterocycles. The first-order valence-electron chi connectivity index (χ1n) is 6.41. The first-order chi connectivity index (χ1) is 8.41. The predicted molar refractivity (Wildman–Crippen MR) is 71.5 cm³/mol. The van der Waals surface area contributed by atoms with E-state index < -0.39 is 9.05 Å². The highest BCUT2D eigenvalue weighted by molar-refractivity contribution is 8.13. The van der Waals surface area contributed by atoms with E-state index in [0.717, 1.165) is 12.8 Å². The molecular formula is C12H19ClN2O2S. The molecule has 1 aliphatic rings. The third-order valence-corrected chi connectivity index (χ3v) is 5.21. The Kier molecular flexibility index (Phi) is 4.02. The lowest BCUT2D eigenvalue weighted by Crippen LogP contribution is -2.12. The number of rotatable bonds is 2. The maximum absolute atomic E-state index is 11.6. The molecule has 1 saturated carbocycles. The largest absolute Gasteiger partial charge is 0.265 e. The summed E-state index contributed by atoms with van der Waals surface area (Å²) in [6, 6.07) is 0.318. The van der Waals surface area contributed by atoms with Crippen molar-refractivity contribution in [2.75, 3.05) is 0 Å². The first-order valence-corrected chi connectivity index (χ1v) is 8.72. The molecule has 0 saturated heterocycles. The Bertz CT molecular complexity index is 529. The molecule has 0 spiro atoms. The minimum atomic E-state index is -3.70. The Balaban J connectivity index is 2.40. The summed E-state index contributed by atoms with van der Waals surface area (Å²) in [5.74, 6) is 0. The Morgan fingerprint density at radius 2 is 1.72 bits per heavy atom. The van der Waals surface area contributed by atoms with Crippen LogP contribution < -0.4 is 0 Å². The highest BCUT2D eigenvalue weighted by Gasteiger charge is 2.26. The van der Waals surface area contributed by atoms with Crippen molar-refractivity contribution in [2.45, 2.75) is 63.3 Å². The SMILES string of the molecule is Cc1nn(C2CCCCCC2)c(C)c1S(=O)(=O)Cl. The predicted octanol–water partition coefficient (Wildman–Crippen LogP) is 3.32. The number of halogens is 1. The van der Waals surface area contributed by atoms with E-state index in [1.807, 2.05) is 4.68 Å². The summed E-state index contributed by atoms with van der Waals surface area (Å²) in [6.45, 7) is 3.50. The van der Waals surface area contributed by atoms with Crippen LogP contribution >= 0.6 is 10.7 Å². The number of nitrogens with zero attached hydrogens (tertiary/aromatic N) is 2. The monoisotopic (exact) mass is 290 g/mol. The minimum absolute atomic E-state index is 0.188. The van der Waals surface area contributed by atoms with Crippen LogP contribution in [-0.2, 0) is 9.05 Å². The van der Waals surface area contributed by atoms with Crippen LogP contribution in [-0.4, -0.2) is 18.2 Å². The maximum atomic E-state index is 11.6. The highest BCUT2D eigenvalue weighted by Crippen LogP contribution is 2.31. The van der Waals surface area contributed by atoms with Crippen LogP contribution in [0.4, 0.5) is 0 Å². The van der Waals surface area contributed by atoms with Crippen LogP contribution in [0.25, 0.3) is 0 Å². The minimum Gasteiger partial charge on any atom is -0.265 e. The van der Waals surface area contributed by atoms with E-state index in [1.165, 1.54) is 25.7 Å². The fourth-order valence-electron chi connectivity index (χ4n) is 2.86. The second-order valence-electron chi connectivity index (χ2n) is 5.03. The second kappa shape index (κ2) is 5.21. The van der Waals surface area contributed by atoms with E-state index in [2.05, 4.69) is 5.10 Å². The molecule has 18 heavy (non-hydrogen) atoms. The molecule has 0 amide bonds. The number of aryl methyl sites for hydroxylation is 1. The van der Waals surface area contributed by atoms with Gasteiger partial charge in [-0.25, -0.2) is 8.42 Å². The molecule has 0 aliphatic heterocycles. The Morgan fingerprint density at radius 1 is 1.17 bits per heavy atom. The highest BCUT2D eigenvalue weighted by atomic mass is 35.7. The molecule has 4 nitrogen and oxygen atoms in total. The van der Waals surface area contributed by atoms with Crippen molar-refractivity contribution in [2.24, 2.45) is 0 Å². The Labute approximate surface area is 113 Å². The van der Waals surface area contributed by atoms with Crippen molar-refractivity contribution < 1.29 is 8.42 Å². The zero-order chi connectivity index (χ0) is 13.3. The molecular weight excluding hydrogens is 272 g/mol. The van der Waals surface area contributed by atoms with E-state index in [4.69, 9.17) is 10.7 Å². The van der Waals surface area contributed by atoms with Gasteiger partial charge in [0.15, 0.2) is 0 Å². The van der Waals surface area contributed by atoms with Gasteiger partial charge in [0.2, 0.25) is 0 Å². The lowest BCUT2D eigenvalue weighted by atomic mass is 10.1. The van der Waals surface area contributed by atoms with Crippen molar-refractivity contribution in [1.29, 1.82) is 0 Å². The quantitative estimate of drug-likeness (QED) is 0.620. The summed E-state index contributed by atoms with van der Waals surface area (Å²) >= 11 is 0. The first kappa shape index (κ1) is 13.9. The average molecular weight is 291 g/mol. The standard InChI is InChI=1S/C12H19ClN2O2S/c1-9-12(18(13,16)17)10(2)15(14-9)11-7-5-3-4-6-8-11/h11H,3-8H2,1-2H3. The van der Waals surface area contributed by atoms with E-state index in [1.54, 1.807) is 13.8 Å². The van der Waals surface area contributed by atoms with E-state index in [9.17, 15) is 8.42 Å². The molecule has 102 valence electrons. The van der Waals surface area contributed by atoms with Crippen LogP contribution in [0.5, 0.6) is 0 Å². The third kappa shape index (κ3) is 2.72. The number of hydrogen-bond acceptors (Lipinski definition) is 3. The average Bonchev–Trinajstić information content (AvgIpc) is 2.48. The summed E-state index contributed by atoms with van der Waals surface area (Å²) in [4.78, 5) is 0.188. The molecule has 0 aromatic carbocycles. The summed E-state index contributed by atoms with van der Waals surface area (Å²) in [5, 5.41) is 4.40. The van der Waals surface area contributed by atoms with Crippen molar-refractivity contribution in [3.63, 3.8) is 0 Å². The van der Waals surface area contributed by atoms with Gasteiger partial charge in [0.25, 0.3) is 9.05 Å². The van der Waals surface area contributed by atoms with Gasteiger partial charge in [-0.15, -0.1) is 0 Å². The molecule has 2 rings (SSSR count). The van der Waals surface area contributed by atoms with Gasteiger partial charge in [0, 0.05) is 10.7 Å². The molecule has 1 aliphatic carbocycles. The van der Waals surface area contributed by atoms with Gasteiger partial charge >= 0.3 is 0 Å². The molecule has 1 aromatic heterocycles. The van der Waals surface area contributed by atoms with Gasteiger partial charge in [-0.05, 0) is 26.7 Å². The third-order valence-electron chi connectivity index (χ3n) is 3.67. The van der Waals surface area contributed by atoms with Crippen LogP contribution in [0.2, 0.25) is 0 Å². The van der Waals surface area contributed by atoms with Gasteiger partial charge in [-0.2, -0.15) is 5.10 Å². The second-order valence-corrected chi connectivity index (χ2v) is 7.53. The molecule has 0 atom stereocenters. The van der Waals surface area contributed by atoms with Crippen molar-refractivity contribution in [3.05, 3.63) is 11.4 Å². The zero-order valence-corrected chi connectivity index (χ0v) is 12.4. The van der Waals surface area contributed by atoms with Gasteiger partial charge in [0.1, 0.15) is 4.90 Å². The van der Waals surface area contributed by atoms with Crippen molar-refractivity contribution in [3.8, 4) is 0 Å². The van der Waals surface area contributed by atoms with Gasteiger partial charge in [-0.1, -0.05) is 25.7 Å². The van der Waals surface area contributed by atoms with Gasteiger partial charge < -0.3 is 0 Å². The molecule has 0 N–H and O–H groups in total. The fourth-order valence-corrected chi connectivity index (χ4v) is 4.37. The molecule has 6 heteroatoms. The molecule has 0 bridgehead atoms. The van der Waals surface area contributed by atoms with Crippen molar-refractivity contribution >= 4 is 19.7 Å². The van der Waals surface area contributed by atoms with Crippen LogP contribution in [0.1, 0.15) is 56.0 Å². The maximum Gasteiger partial charge on any atom is 0.264 e. The summed E-state index contributed by atoms with van der Waals surface area (Å²) < 4.78 is 25.0. The lowest BCUT2D eigenvalue weighted by Gasteiger charge is -2.16. The van der Waals surface area contributed by atoms with Crippen LogP contribution in [0, 0.1) is 13.8 Å². The lowest BCUT2D eigenvalue weighted by molar-refractivity contribution is 0.396. The number of hydrogen-bond donors (Lipinski definition) is 0. The Morgan fingerprint density at radius 3 is 2.17 bits per heavy atom. The molecule has 0 unspecified atom stereocenters. The zero-order valence-electron chi connectivity index (χ0n) is 10.8. The van der Waals surface area contributed by atoms with E-state index in [0.29, 0.717) is 17.4 Å². The molecule has 1 fully saturated rings. The Hall–Kier alpha value is -0.550. The smallest absolute Gasteiger partial charge is 0.264 e. The summed E-state index contributed by atoms with van der Waals surface area (Å²) in [5.41, 5.74) is 1.18. The van der Waals surface area contributed by atoms with E-state index in [-0.39, 0.29) is 4.90 Å². The topological polar surface area (TPSA) is 52.0 Å². The van der Waals surface area contributed by atoms with Gasteiger partial charge in [0.05, 0.1) is 17.4 Å².